The molecule has 0 radical (unpaired) electrons. The van der Waals surface area contributed by atoms with Crippen LogP contribution in [0, 0.1) is 0 Å². The first-order valence-electron chi connectivity index (χ1n) is 7.81. The van der Waals surface area contributed by atoms with Crippen molar-refractivity contribution in [3.63, 3.8) is 0 Å². The molecule has 2 atom stereocenters. The summed E-state index contributed by atoms with van der Waals surface area (Å²) < 4.78 is 16.7. The number of ether oxygens (including phenoxy) is 3. The SMILES string of the molecule is COc1cc2c(cc1OC)[C@H](N1CCCC1=O)[C@@H](O)C(C)(C)O2. The third kappa shape index (κ3) is 2.51. The zero-order valence-electron chi connectivity index (χ0n) is 14.0. The highest BCUT2D eigenvalue weighted by atomic mass is 16.5. The van der Waals surface area contributed by atoms with Crippen molar-refractivity contribution in [1.29, 1.82) is 0 Å². The average molecular weight is 321 g/mol. The molecular weight excluding hydrogens is 298 g/mol. The molecule has 6 heteroatoms. The number of rotatable bonds is 3. The van der Waals surface area contributed by atoms with Gasteiger partial charge in [-0.25, -0.2) is 0 Å². The van der Waals surface area contributed by atoms with E-state index in [1.807, 2.05) is 13.8 Å². The van der Waals surface area contributed by atoms with Crippen LogP contribution in [0.25, 0.3) is 0 Å². The van der Waals surface area contributed by atoms with Crippen LogP contribution >= 0.6 is 0 Å². The first kappa shape index (κ1) is 15.9. The van der Waals surface area contributed by atoms with Gasteiger partial charge < -0.3 is 24.2 Å². The Morgan fingerprint density at radius 3 is 2.48 bits per heavy atom. The summed E-state index contributed by atoms with van der Waals surface area (Å²) in [5.74, 6) is 1.79. The Balaban J connectivity index is 2.14. The predicted octanol–water partition coefficient (Wildman–Crippen LogP) is 1.90. The van der Waals surface area contributed by atoms with Crippen molar-refractivity contribution < 1.29 is 24.1 Å². The molecule has 1 N–H and O–H groups in total. The summed E-state index contributed by atoms with van der Waals surface area (Å²) in [6.45, 7) is 4.29. The van der Waals surface area contributed by atoms with E-state index in [0.717, 1.165) is 12.0 Å². The molecular formula is C17H23NO5. The van der Waals surface area contributed by atoms with Gasteiger partial charge in [0.25, 0.3) is 0 Å². The molecule has 6 nitrogen and oxygen atoms in total. The van der Waals surface area contributed by atoms with Gasteiger partial charge in [0.2, 0.25) is 5.91 Å². The number of aliphatic hydroxyl groups excluding tert-OH is 1. The van der Waals surface area contributed by atoms with Crippen molar-refractivity contribution in [2.75, 3.05) is 20.8 Å². The number of aliphatic hydroxyl groups is 1. The quantitative estimate of drug-likeness (QED) is 0.921. The van der Waals surface area contributed by atoms with E-state index < -0.39 is 17.7 Å². The number of carbonyl (C=O) groups excluding carboxylic acids is 1. The monoisotopic (exact) mass is 321 g/mol. The van der Waals surface area contributed by atoms with Crippen LogP contribution in [0.5, 0.6) is 17.2 Å². The van der Waals surface area contributed by atoms with Gasteiger partial charge in [0.1, 0.15) is 17.5 Å². The molecule has 1 fully saturated rings. The summed E-state index contributed by atoms with van der Waals surface area (Å²) in [7, 11) is 3.12. The zero-order valence-corrected chi connectivity index (χ0v) is 14.0. The van der Waals surface area contributed by atoms with E-state index in [-0.39, 0.29) is 5.91 Å². The van der Waals surface area contributed by atoms with Crippen LogP contribution < -0.4 is 14.2 Å². The largest absolute Gasteiger partial charge is 0.493 e. The number of likely N-dealkylation sites (tertiary alicyclic amines) is 1. The molecule has 23 heavy (non-hydrogen) atoms. The number of carbonyl (C=O) groups is 1. The second kappa shape index (κ2) is 5.60. The fraction of sp³-hybridized carbons (Fsp3) is 0.588. The molecule has 126 valence electrons. The molecule has 2 heterocycles. The third-order valence-electron chi connectivity index (χ3n) is 4.66. The maximum absolute atomic E-state index is 12.2. The maximum atomic E-state index is 12.2. The number of nitrogens with zero attached hydrogens (tertiary/aromatic N) is 1. The molecule has 0 bridgehead atoms. The molecule has 1 amide bonds. The molecule has 0 aliphatic carbocycles. The van der Waals surface area contributed by atoms with Crippen LogP contribution in [-0.2, 0) is 4.79 Å². The molecule has 0 aromatic heterocycles. The van der Waals surface area contributed by atoms with E-state index in [4.69, 9.17) is 14.2 Å². The molecule has 1 aromatic rings. The van der Waals surface area contributed by atoms with E-state index in [2.05, 4.69) is 0 Å². The second-order valence-corrected chi connectivity index (χ2v) is 6.53. The van der Waals surface area contributed by atoms with Crippen molar-refractivity contribution in [1.82, 2.24) is 4.90 Å². The maximum Gasteiger partial charge on any atom is 0.223 e. The van der Waals surface area contributed by atoms with Gasteiger partial charge in [0, 0.05) is 24.6 Å². The third-order valence-corrected chi connectivity index (χ3v) is 4.66. The van der Waals surface area contributed by atoms with E-state index in [1.165, 1.54) is 0 Å². The molecule has 2 aliphatic heterocycles. The Kier molecular flexibility index (Phi) is 3.88. The number of benzene rings is 1. The van der Waals surface area contributed by atoms with E-state index >= 15 is 0 Å². The fourth-order valence-corrected chi connectivity index (χ4v) is 3.39. The van der Waals surface area contributed by atoms with Gasteiger partial charge in [-0.05, 0) is 26.3 Å². The molecule has 2 aliphatic rings. The van der Waals surface area contributed by atoms with Gasteiger partial charge in [0.05, 0.1) is 20.3 Å². The van der Waals surface area contributed by atoms with Crippen molar-refractivity contribution in [3.8, 4) is 17.2 Å². The summed E-state index contributed by atoms with van der Waals surface area (Å²) in [4.78, 5) is 14.0. The summed E-state index contributed by atoms with van der Waals surface area (Å²) >= 11 is 0. The Morgan fingerprint density at radius 2 is 1.91 bits per heavy atom. The van der Waals surface area contributed by atoms with E-state index in [1.54, 1.807) is 31.3 Å². The molecule has 1 aromatic carbocycles. The van der Waals surface area contributed by atoms with E-state index in [9.17, 15) is 9.90 Å². The Labute approximate surface area is 135 Å². The van der Waals surface area contributed by atoms with Crippen LogP contribution in [-0.4, -0.2) is 48.4 Å². The van der Waals surface area contributed by atoms with Gasteiger partial charge in [-0.2, -0.15) is 0 Å². The fourth-order valence-electron chi connectivity index (χ4n) is 3.39. The van der Waals surface area contributed by atoms with Crippen molar-refractivity contribution >= 4 is 5.91 Å². The van der Waals surface area contributed by atoms with Gasteiger partial charge in [-0.1, -0.05) is 0 Å². The lowest BCUT2D eigenvalue weighted by Gasteiger charge is -2.45. The first-order chi connectivity index (χ1) is 10.9. The Bertz CT molecular complexity index is 628. The van der Waals surface area contributed by atoms with Gasteiger partial charge in [0.15, 0.2) is 11.5 Å². The van der Waals surface area contributed by atoms with Crippen LogP contribution in [0.1, 0.15) is 38.3 Å². The summed E-state index contributed by atoms with van der Waals surface area (Å²) in [5, 5.41) is 10.8. The smallest absolute Gasteiger partial charge is 0.223 e. The highest BCUT2D eigenvalue weighted by Gasteiger charge is 2.47. The summed E-state index contributed by atoms with van der Waals surface area (Å²) in [5.41, 5.74) is -0.0510. The van der Waals surface area contributed by atoms with Crippen LogP contribution in [0.3, 0.4) is 0 Å². The lowest BCUT2D eigenvalue weighted by atomic mass is 9.85. The van der Waals surface area contributed by atoms with Crippen LogP contribution in [0.4, 0.5) is 0 Å². The second-order valence-electron chi connectivity index (χ2n) is 6.53. The first-order valence-corrected chi connectivity index (χ1v) is 7.81. The summed E-state index contributed by atoms with van der Waals surface area (Å²) in [6, 6.07) is 3.11. The number of hydrogen-bond donors (Lipinski definition) is 1. The molecule has 0 unspecified atom stereocenters. The van der Waals surface area contributed by atoms with Gasteiger partial charge >= 0.3 is 0 Å². The van der Waals surface area contributed by atoms with Gasteiger partial charge in [-0.15, -0.1) is 0 Å². The zero-order chi connectivity index (χ0) is 16.8. The molecule has 0 spiro atoms. The summed E-state index contributed by atoms with van der Waals surface area (Å²) in [6.07, 6.45) is 0.508. The Morgan fingerprint density at radius 1 is 1.26 bits per heavy atom. The average Bonchev–Trinajstić information content (AvgIpc) is 2.93. The minimum absolute atomic E-state index is 0.0625. The normalized spacial score (nSPS) is 25.8. The van der Waals surface area contributed by atoms with Crippen molar-refractivity contribution in [3.05, 3.63) is 17.7 Å². The number of hydrogen-bond acceptors (Lipinski definition) is 5. The number of amides is 1. The number of fused-ring (bicyclic) bond motifs is 1. The van der Waals surface area contributed by atoms with Gasteiger partial charge in [-0.3, -0.25) is 4.79 Å². The highest BCUT2D eigenvalue weighted by Crippen LogP contribution is 2.48. The van der Waals surface area contributed by atoms with Crippen molar-refractivity contribution in [2.24, 2.45) is 0 Å². The predicted molar refractivity (Wildman–Crippen MR) is 83.9 cm³/mol. The van der Waals surface area contributed by atoms with Crippen molar-refractivity contribution in [2.45, 2.75) is 44.4 Å². The topological polar surface area (TPSA) is 68.2 Å². The standard InChI is InChI=1S/C17H23NO5/c1-17(2)16(20)15(18-7-5-6-14(18)19)10-8-12(21-3)13(22-4)9-11(10)23-17/h8-9,15-16,20H,5-7H2,1-4H3/t15-,16+/m0/s1. The molecule has 0 saturated carbocycles. The lowest BCUT2D eigenvalue weighted by molar-refractivity contribution is -0.139. The van der Waals surface area contributed by atoms with Crippen LogP contribution in [0.2, 0.25) is 0 Å². The highest BCUT2D eigenvalue weighted by molar-refractivity contribution is 5.79. The minimum atomic E-state index is -0.824. The lowest BCUT2D eigenvalue weighted by Crippen LogP contribution is -2.53. The Hall–Kier alpha value is -1.95. The molecule has 3 rings (SSSR count). The van der Waals surface area contributed by atoms with E-state index in [0.29, 0.717) is 30.2 Å². The number of methoxy groups -OCH3 is 2. The van der Waals surface area contributed by atoms with Crippen LogP contribution in [0.15, 0.2) is 12.1 Å². The minimum Gasteiger partial charge on any atom is -0.493 e. The molecule has 1 saturated heterocycles.